The molecule has 1 saturated heterocycles. The molecule has 0 bridgehead atoms. The van der Waals surface area contributed by atoms with Crippen LogP contribution in [0.3, 0.4) is 0 Å². The van der Waals surface area contributed by atoms with E-state index in [2.05, 4.69) is 0 Å². The van der Waals surface area contributed by atoms with Crippen LogP contribution in [0.5, 0.6) is 0 Å². The molecule has 22 heavy (non-hydrogen) atoms. The molecule has 8 nitrogen and oxygen atoms in total. The molecule has 0 aromatic heterocycles. The monoisotopic (exact) mass is 399 g/mol. The van der Waals surface area contributed by atoms with Crippen molar-refractivity contribution >= 4 is 29.4 Å². The van der Waals surface area contributed by atoms with Gasteiger partial charge in [0.05, 0.1) is 0 Å². The molecule has 124 valence electrons. The van der Waals surface area contributed by atoms with Gasteiger partial charge < -0.3 is 0 Å². The van der Waals surface area contributed by atoms with Crippen LogP contribution in [0.2, 0.25) is 0 Å². The fourth-order valence-electron chi connectivity index (χ4n) is 2.01. The molecule has 1 fully saturated rings. The van der Waals surface area contributed by atoms with Crippen LogP contribution in [0.4, 0.5) is 0 Å². The number of ether oxygens (including phenoxy) is 1. The average molecular weight is 398 g/mol. The topological polar surface area (TPSA) is 150 Å². The van der Waals surface area contributed by atoms with Crippen molar-refractivity contribution in [1.82, 2.24) is 0 Å². The van der Waals surface area contributed by atoms with Gasteiger partial charge in [-0.25, -0.2) is 0 Å². The summed E-state index contributed by atoms with van der Waals surface area (Å²) in [6.45, 7) is -0.484. The van der Waals surface area contributed by atoms with Gasteiger partial charge in [-0.15, -0.1) is 0 Å². The summed E-state index contributed by atoms with van der Waals surface area (Å²) in [5.74, 6) is 0. The van der Waals surface area contributed by atoms with Crippen molar-refractivity contribution in [3.05, 3.63) is 24.3 Å². The zero-order valence-corrected chi connectivity index (χ0v) is 13.8. The van der Waals surface area contributed by atoms with Crippen molar-refractivity contribution in [3.63, 3.8) is 0 Å². The van der Waals surface area contributed by atoms with Crippen LogP contribution in [0.15, 0.2) is 29.2 Å². The summed E-state index contributed by atoms with van der Waals surface area (Å²) in [4.78, 5) is -0.0270. The van der Waals surface area contributed by atoms with Gasteiger partial charge in [-0.3, -0.25) is 0 Å². The quantitative estimate of drug-likeness (QED) is 0.330. The standard InChI is InChI=1S/C12H17NO7SSe/c13-21(18,19)6-1-3-7(4-2-6)22-12-11(17)10(16)9(15)8(5-14)20-12/h1-4,8-12,14-17H,5H2,(H2,13,18,19)/t8-,9-,10+,11-,12+/m1/s1. The Morgan fingerprint density at radius 2 is 1.68 bits per heavy atom. The summed E-state index contributed by atoms with van der Waals surface area (Å²) in [6.07, 6.45) is -5.05. The second-order valence-electron chi connectivity index (χ2n) is 4.83. The van der Waals surface area contributed by atoms with Crippen molar-refractivity contribution in [2.45, 2.75) is 34.3 Å². The number of nitrogens with two attached hydrogens (primary N) is 1. The molecule has 10 heteroatoms. The molecular weight excluding hydrogens is 381 g/mol. The Labute approximate surface area is 133 Å². The van der Waals surface area contributed by atoms with Crippen LogP contribution in [0.1, 0.15) is 0 Å². The third-order valence-corrected chi connectivity index (χ3v) is 6.63. The fraction of sp³-hybridized carbons (Fsp3) is 0.500. The van der Waals surface area contributed by atoms with Crippen LogP contribution in [-0.2, 0) is 14.8 Å². The van der Waals surface area contributed by atoms with E-state index in [4.69, 9.17) is 15.0 Å². The van der Waals surface area contributed by atoms with Gasteiger partial charge in [0.15, 0.2) is 0 Å². The summed E-state index contributed by atoms with van der Waals surface area (Å²) in [7, 11) is -3.77. The number of aliphatic hydroxyl groups is 4. The minimum atomic E-state index is -3.77. The molecule has 0 unspecified atom stereocenters. The normalized spacial score (nSPS) is 32.9. The molecule has 1 aromatic rings. The summed E-state index contributed by atoms with van der Waals surface area (Å²) in [6, 6.07) is 5.77. The predicted octanol–water partition coefficient (Wildman–Crippen LogP) is -3.54. The number of primary sulfonamides is 1. The molecule has 0 aliphatic carbocycles. The van der Waals surface area contributed by atoms with E-state index in [1.807, 2.05) is 0 Å². The van der Waals surface area contributed by atoms with E-state index in [1.54, 1.807) is 12.1 Å². The van der Waals surface area contributed by atoms with Crippen LogP contribution < -0.4 is 9.60 Å². The van der Waals surface area contributed by atoms with E-state index >= 15 is 0 Å². The first-order chi connectivity index (χ1) is 10.2. The third-order valence-electron chi connectivity index (χ3n) is 3.25. The first-order valence-electron chi connectivity index (χ1n) is 6.34. The second kappa shape index (κ2) is 6.91. The molecule has 1 heterocycles. The molecule has 0 amide bonds. The summed E-state index contributed by atoms with van der Waals surface area (Å²) < 4.78 is 28.5. The molecule has 5 atom stereocenters. The summed E-state index contributed by atoms with van der Waals surface area (Å²) in [5, 5.41) is 42.7. The van der Waals surface area contributed by atoms with Crippen LogP contribution in [0.25, 0.3) is 0 Å². The van der Waals surface area contributed by atoms with Gasteiger partial charge in [0, 0.05) is 0 Å². The van der Waals surface area contributed by atoms with E-state index in [1.165, 1.54) is 12.1 Å². The maximum absolute atomic E-state index is 11.2. The number of hydrogen-bond acceptors (Lipinski definition) is 7. The van der Waals surface area contributed by atoms with Gasteiger partial charge in [-0.1, -0.05) is 0 Å². The van der Waals surface area contributed by atoms with Crippen molar-refractivity contribution < 1.29 is 33.6 Å². The molecular formula is C12H17NO7SSe. The van der Waals surface area contributed by atoms with E-state index < -0.39 is 61.0 Å². The molecule has 0 spiro atoms. The molecule has 1 aliphatic heterocycles. The minimum absolute atomic E-state index is 0.0270. The van der Waals surface area contributed by atoms with Gasteiger partial charge in [0.2, 0.25) is 0 Å². The molecule has 6 N–H and O–H groups in total. The van der Waals surface area contributed by atoms with E-state index in [9.17, 15) is 23.7 Å². The van der Waals surface area contributed by atoms with Crippen LogP contribution >= 0.6 is 0 Å². The van der Waals surface area contributed by atoms with Gasteiger partial charge in [0.25, 0.3) is 0 Å². The molecule has 1 aromatic carbocycles. The van der Waals surface area contributed by atoms with Gasteiger partial charge in [0.1, 0.15) is 0 Å². The number of hydrogen-bond donors (Lipinski definition) is 5. The third kappa shape index (κ3) is 3.85. The fourth-order valence-corrected chi connectivity index (χ4v) is 4.75. The van der Waals surface area contributed by atoms with Gasteiger partial charge in [-0.05, 0) is 0 Å². The Morgan fingerprint density at radius 3 is 2.18 bits per heavy atom. The SMILES string of the molecule is NS(=O)(=O)c1ccc([Se][C@@H]2O[C@H](CO)[C@@H](O)[C@H](O)[C@H]2O)cc1. The zero-order valence-electron chi connectivity index (χ0n) is 11.3. The number of benzene rings is 1. The Balaban J connectivity index is 2.12. The van der Waals surface area contributed by atoms with Crippen LogP contribution in [0, 0.1) is 0 Å². The number of sulfonamides is 1. The van der Waals surface area contributed by atoms with E-state index in [0.717, 1.165) is 0 Å². The number of aliphatic hydroxyl groups excluding tert-OH is 4. The van der Waals surface area contributed by atoms with Crippen molar-refractivity contribution in [3.8, 4) is 0 Å². The van der Waals surface area contributed by atoms with Crippen molar-refractivity contribution in [2.75, 3.05) is 6.61 Å². The maximum atomic E-state index is 11.2. The van der Waals surface area contributed by atoms with Crippen molar-refractivity contribution in [2.24, 2.45) is 5.14 Å². The molecule has 0 saturated carbocycles. The Hall–Kier alpha value is -0.551. The van der Waals surface area contributed by atoms with Crippen LogP contribution in [-0.4, -0.2) is 79.8 Å². The van der Waals surface area contributed by atoms with E-state index in [0.29, 0.717) is 4.46 Å². The molecule has 1 aliphatic rings. The zero-order chi connectivity index (χ0) is 16.5. The summed E-state index contributed by atoms with van der Waals surface area (Å²) in [5.41, 5.74) is 0. The molecule has 2 rings (SSSR count). The first kappa shape index (κ1) is 17.8. The Bertz CT molecular complexity index is 606. The Morgan fingerprint density at radius 1 is 1.09 bits per heavy atom. The Kier molecular flexibility index (Phi) is 5.59. The molecule has 0 radical (unpaired) electrons. The van der Waals surface area contributed by atoms with Crippen molar-refractivity contribution in [1.29, 1.82) is 0 Å². The number of rotatable bonds is 4. The second-order valence-corrected chi connectivity index (χ2v) is 8.85. The van der Waals surface area contributed by atoms with Gasteiger partial charge >= 0.3 is 133 Å². The van der Waals surface area contributed by atoms with E-state index in [-0.39, 0.29) is 4.90 Å². The van der Waals surface area contributed by atoms with Gasteiger partial charge in [-0.2, -0.15) is 0 Å². The summed E-state index contributed by atoms with van der Waals surface area (Å²) >= 11 is -0.467. The average Bonchev–Trinajstić information content (AvgIpc) is 2.47. The first-order valence-corrected chi connectivity index (χ1v) is 9.73. The predicted molar refractivity (Wildman–Crippen MR) is 77.0 cm³/mol.